The molecule has 1 aliphatic carbocycles. The summed E-state index contributed by atoms with van der Waals surface area (Å²) in [5, 5.41) is 10.4. The van der Waals surface area contributed by atoms with E-state index < -0.39 is 0 Å². The summed E-state index contributed by atoms with van der Waals surface area (Å²) in [6.07, 6.45) is 2.45. The number of rotatable bonds is 3. The number of nitrogens with one attached hydrogen (secondary N) is 2. The van der Waals surface area contributed by atoms with Gasteiger partial charge in [0.1, 0.15) is 11.4 Å². The van der Waals surface area contributed by atoms with E-state index in [2.05, 4.69) is 68.3 Å². The Morgan fingerprint density at radius 2 is 1.88 bits per heavy atom. The highest BCUT2D eigenvalue weighted by molar-refractivity contribution is 6.05. The number of likely N-dealkylation sites (N-methyl/N-ethyl adjacent to an activating group) is 1. The second-order valence-electron chi connectivity index (χ2n) is 9.28. The predicted molar refractivity (Wildman–Crippen MR) is 127 cm³/mol. The first-order valence-corrected chi connectivity index (χ1v) is 10.9. The van der Waals surface area contributed by atoms with E-state index in [-0.39, 0.29) is 18.7 Å². The number of H-pyrrole nitrogens is 1. The molecule has 3 heterocycles. The molecule has 9 heteroatoms. The van der Waals surface area contributed by atoms with E-state index in [1.165, 1.54) is 5.69 Å². The van der Waals surface area contributed by atoms with Crippen LogP contribution in [0, 0.1) is 0 Å². The van der Waals surface area contributed by atoms with Gasteiger partial charge < -0.3 is 20.9 Å². The first-order valence-electron chi connectivity index (χ1n) is 10.9. The molecule has 1 fully saturated rings. The van der Waals surface area contributed by atoms with Gasteiger partial charge >= 0.3 is 0 Å². The van der Waals surface area contributed by atoms with Gasteiger partial charge in [-0.05, 0) is 48.7 Å². The van der Waals surface area contributed by atoms with E-state index >= 15 is 0 Å². The standard InChI is InChI=1S/C23H28N8O.H2/c1-23(2)12-14-13-25-22(24)27-18(14)19-17(23)20(29-28-19)21(32)26-15-4-6-16(7-5-15)31-10-8-30(3)9-11-31;/h4-7,13H,8-12H2,1-3H3,(H,26,32)(H,28,29)(H2,24,25,27);1H. The number of nitrogens with two attached hydrogens (primary N) is 1. The molecular formula is C23H30N8O. The number of piperazine rings is 1. The van der Waals surface area contributed by atoms with Gasteiger partial charge in [-0.15, -0.1) is 0 Å². The summed E-state index contributed by atoms with van der Waals surface area (Å²) in [5.41, 5.74) is 11.1. The monoisotopic (exact) mass is 434 g/mol. The van der Waals surface area contributed by atoms with Crippen molar-refractivity contribution in [2.24, 2.45) is 0 Å². The smallest absolute Gasteiger partial charge is 0.273 e. The average Bonchev–Trinajstić information content (AvgIpc) is 3.23. The van der Waals surface area contributed by atoms with Crippen LogP contribution in [0.2, 0.25) is 0 Å². The van der Waals surface area contributed by atoms with Crippen molar-refractivity contribution in [2.75, 3.05) is 49.2 Å². The maximum absolute atomic E-state index is 13.2. The molecule has 0 atom stereocenters. The lowest BCUT2D eigenvalue weighted by Gasteiger charge is -2.34. The summed E-state index contributed by atoms with van der Waals surface area (Å²) in [6.45, 7) is 8.32. The number of nitrogen functional groups attached to an aromatic ring is 1. The van der Waals surface area contributed by atoms with Crippen molar-refractivity contribution in [3.63, 3.8) is 0 Å². The summed E-state index contributed by atoms with van der Waals surface area (Å²) >= 11 is 0. The van der Waals surface area contributed by atoms with E-state index in [4.69, 9.17) is 5.73 Å². The Bertz CT molecular complexity index is 1170. The Labute approximate surface area is 188 Å². The Hall–Kier alpha value is -3.46. The van der Waals surface area contributed by atoms with Gasteiger partial charge in [-0.3, -0.25) is 9.89 Å². The van der Waals surface area contributed by atoms with Crippen LogP contribution in [0.1, 0.15) is 36.9 Å². The molecule has 32 heavy (non-hydrogen) atoms. The van der Waals surface area contributed by atoms with Crippen LogP contribution in [-0.2, 0) is 11.8 Å². The van der Waals surface area contributed by atoms with Crippen molar-refractivity contribution < 1.29 is 6.22 Å². The summed E-state index contributed by atoms with van der Waals surface area (Å²) in [7, 11) is 2.14. The van der Waals surface area contributed by atoms with E-state index in [9.17, 15) is 4.79 Å². The van der Waals surface area contributed by atoms with Crippen LogP contribution < -0.4 is 16.0 Å². The molecule has 2 aromatic heterocycles. The quantitative estimate of drug-likeness (QED) is 0.580. The predicted octanol–water partition coefficient (Wildman–Crippen LogP) is 2.53. The highest BCUT2D eigenvalue weighted by atomic mass is 16.2. The van der Waals surface area contributed by atoms with Crippen molar-refractivity contribution in [1.82, 2.24) is 25.1 Å². The molecule has 0 unspecified atom stereocenters. The minimum atomic E-state index is -0.299. The zero-order valence-electron chi connectivity index (χ0n) is 18.6. The lowest BCUT2D eigenvalue weighted by Crippen LogP contribution is -2.44. The van der Waals surface area contributed by atoms with Crippen LogP contribution in [0.5, 0.6) is 0 Å². The molecule has 0 spiro atoms. The molecule has 2 aliphatic rings. The number of carbonyl (C=O) groups excluding carboxylic acids is 1. The van der Waals surface area contributed by atoms with Crippen molar-refractivity contribution in [2.45, 2.75) is 25.7 Å². The van der Waals surface area contributed by atoms with Crippen molar-refractivity contribution in [3.05, 3.63) is 47.3 Å². The third kappa shape index (κ3) is 3.58. The average molecular weight is 435 g/mol. The molecule has 1 aliphatic heterocycles. The summed E-state index contributed by atoms with van der Waals surface area (Å²) in [6, 6.07) is 8.01. The Balaban J connectivity index is 0.00000259. The van der Waals surface area contributed by atoms with Crippen molar-refractivity contribution in [3.8, 4) is 11.4 Å². The van der Waals surface area contributed by atoms with Crippen LogP contribution in [-0.4, -0.2) is 64.2 Å². The van der Waals surface area contributed by atoms with Gasteiger partial charge in [0.05, 0.1) is 5.69 Å². The van der Waals surface area contributed by atoms with Crippen LogP contribution in [0.15, 0.2) is 30.5 Å². The number of hydrogen-bond donors (Lipinski definition) is 3. The number of nitrogens with zero attached hydrogens (tertiary/aromatic N) is 5. The van der Waals surface area contributed by atoms with E-state index in [1.807, 2.05) is 12.1 Å². The maximum Gasteiger partial charge on any atom is 0.273 e. The molecule has 9 nitrogen and oxygen atoms in total. The lowest BCUT2D eigenvalue weighted by molar-refractivity contribution is 0.102. The maximum atomic E-state index is 13.2. The lowest BCUT2D eigenvalue weighted by atomic mass is 9.73. The fourth-order valence-corrected chi connectivity index (χ4v) is 4.67. The second-order valence-corrected chi connectivity index (χ2v) is 9.28. The molecular weight excluding hydrogens is 404 g/mol. The third-order valence-electron chi connectivity index (χ3n) is 6.40. The third-order valence-corrected chi connectivity index (χ3v) is 6.40. The zero-order valence-corrected chi connectivity index (χ0v) is 18.6. The molecule has 168 valence electrons. The largest absolute Gasteiger partial charge is 0.369 e. The molecule has 0 saturated carbocycles. The van der Waals surface area contributed by atoms with Crippen LogP contribution in [0.25, 0.3) is 11.4 Å². The SMILES string of the molecule is CN1CCN(c2ccc(NC(=O)c3[nH]nc4c3C(C)(C)Cc3cnc(N)nc3-4)cc2)CC1.[HH]. The highest BCUT2D eigenvalue weighted by Crippen LogP contribution is 2.42. The molecule has 5 rings (SSSR count). The van der Waals surface area contributed by atoms with Crippen LogP contribution in [0.4, 0.5) is 17.3 Å². The summed E-state index contributed by atoms with van der Waals surface area (Å²) in [5.74, 6) is -0.0199. The molecule has 0 bridgehead atoms. The van der Waals surface area contributed by atoms with Gasteiger partial charge in [0.2, 0.25) is 5.95 Å². The number of benzene rings is 1. The second kappa shape index (κ2) is 7.59. The zero-order chi connectivity index (χ0) is 22.5. The number of hydrogen-bond acceptors (Lipinski definition) is 7. The van der Waals surface area contributed by atoms with E-state index in [0.29, 0.717) is 23.5 Å². The normalized spacial score (nSPS) is 17.5. The van der Waals surface area contributed by atoms with Crippen LogP contribution >= 0.6 is 0 Å². The van der Waals surface area contributed by atoms with E-state index in [0.717, 1.165) is 43.0 Å². The molecule has 1 aromatic carbocycles. The number of aromatic nitrogens is 4. The fourth-order valence-electron chi connectivity index (χ4n) is 4.67. The highest BCUT2D eigenvalue weighted by Gasteiger charge is 2.38. The van der Waals surface area contributed by atoms with Crippen molar-refractivity contribution >= 4 is 23.2 Å². The van der Waals surface area contributed by atoms with Crippen molar-refractivity contribution in [1.29, 1.82) is 0 Å². The summed E-state index contributed by atoms with van der Waals surface area (Å²) in [4.78, 5) is 26.4. The molecule has 3 aromatic rings. The summed E-state index contributed by atoms with van der Waals surface area (Å²) < 4.78 is 0. The molecule has 4 N–H and O–H groups in total. The number of carbonyl (C=O) groups is 1. The molecule has 0 radical (unpaired) electrons. The number of anilines is 3. The van der Waals surface area contributed by atoms with Gasteiger partial charge in [0, 0.05) is 50.7 Å². The number of amides is 1. The number of fused-ring (bicyclic) bond motifs is 3. The van der Waals surface area contributed by atoms with E-state index in [1.54, 1.807) is 6.20 Å². The van der Waals surface area contributed by atoms with Gasteiger partial charge in [-0.25, -0.2) is 9.97 Å². The Kier molecular flexibility index (Phi) is 4.85. The molecule has 1 saturated heterocycles. The van der Waals surface area contributed by atoms with Gasteiger partial charge in [0.25, 0.3) is 5.91 Å². The topological polar surface area (TPSA) is 116 Å². The number of aromatic amines is 1. The Morgan fingerprint density at radius 1 is 1.16 bits per heavy atom. The van der Waals surface area contributed by atoms with Gasteiger partial charge in [-0.1, -0.05) is 13.8 Å². The molecule has 1 amide bonds. The van der Waals surface area contributed by atoms with Crippen LogP contribution in [0.3, 0.4) is 0 Å². The fraction of sp³-hybridized carbons (Fsp3) is 0.391. The Morgan fingerprint density at radius 3 is 2.59 bits per heavy atom. The minimum absolute atomic E-state index is 0. The minimum Gasteiger partial charge on any atom is -0.369 e. The first kappa shape index (κ1) is 20.4. The first-order chi connectivity index (χ1) is 15.3. The van der Waals surface area contributed by atoms with Gasteiger partial charge in [-0.2, -0.15) is 5.10 Å². The van der Waals surface area contributed by atoms with Gasteiger partial charge in [0.15, 0.2) is 0 Å².